The summed E-state index contributed by atoms with van der Waals surface area (Å²) in [5, 5.41) is 30.8. The minimum Gasteiger partial charge on any atom is -0.789 e. The molecule has 0 amide bonds. The summed E-state index contributed by atoms with van der Waals surface area (Å²) in [6.07, 6.45) is -4.23. The molecule has 268 valence electrons. The van der Waals surface area contributed by atoms with Gasteiger partial charge in [-0.3, -0.25) is 19.3 Å². The number of anilines is 2. The number of nitrogens with zero attached hydrogens (tertiary/aromatic N) is 7. The van der Waals surface area contributed by atoms with Crippen molar-refractivity contribution in [2.24, 2.45) is 16.5 Å². The number of imidazole rings is 2. The highest BCUT2D eigenvalue weighted by atomic mass is 32.7. The normalized spacial score (nSPS) is 37.9. The van der Waals surface area contributed by atoms with Gasteiger partial charge in [-0.2, -0.15) is 0 Å². The summed E-state index contributed by atoms with van der Waals surface area (Å²) in [5.74, 6) is 0.456. The van der Waals surface area contributed by atoms with E-state index in [0.29, 0.717) is 11.5 Å². The quantitative estimate of drug-likeness (QED) is 0.0988. The summed E-state index contributed by atoms with van der Waals surface area (Å²) >= 11 is 10.5. The molecule has 0 radical (unpaired) electrons. The highest BCUT2D eigenvalue weighted by Crippen LogP contribution is 2.48. The Balaban J connectivity index is 0.00000173. The van der Waals surface area contributed by atoms with E-state index in [1.165, 1.54) is 28.1 Å². The standard InChI is InChI=1S/C20H29N13O8P2S2.CH4.2H3N/c21-14-10-16(25-3-24-14)32(4-26-10)18-12(34)8-6(40-18)1-38-43(37,45)31-9-7(2-39-42(36,44)30-8)41-19(13(9)35)33-5-27-11-15(22)28-20(23)29-17(11)33;;;/h3-9,12-13,15,18-19,34-35H,1-2,22H2,(H2,21,24,25)(H3,23,28,29)(H2,30,36,44)(H2,31,37,45);1H4;2*1H3/p-1/t6-,7-,8-,9-,12-,13-,15?,18-,19-,42?,43?;;;/m1.../s1. The number of fused-ring (bicyclic) bond motifs is 4. The average molecular weight is 755 g/mol. The molecule has 3 unspecified atom stereocenters. The van der Waals surface area contributed by atoms with Crippen LogP contribution in [0.1, 0.15) is 31.7 Å². The van der Waals surface area contributed by atoms with Crippen molar-refractivity contribution in [2.45, 2.75) is 62.5 Å². The summed E-state index contributed by atoms with van der Waals surface area (Å²) < 4.78 is 39.7. The van der Waals surface area contributed by atoms with Gasteiger partial charge in [0.2, 0.25) is 0 Å². The first-order valence-electron chi connectivity index (χ1n) is 13.3. The Morgan fingerprint density at radius 2 is 1.60 bits per heavy atom. The molecule has 0 saturated carbocycles. The summed E-state index contributed by atoms with van der Waals surface area (Å²) in [6, 6.07) is -2.31. The number of hydrogen-bond donors (Lipinski definition) is 10. The van der Waals surface area contributed by atoms with Gasteiger partial charge in [-0.1, -0.05) is 19.2 Å². The molecule has 4 aliphatic heterocycles. The van der Waals surface area contributed by atoms with Gasteiger partial charge in [-0.15, -0.1) is 0 Å². The fraction of sp³-hybridized carbons (Fsp3) is 0.571. The van der Waals surface area contributed by atoms with Crippen molar-refractivity contribution in [3.63, 3.8) is 0 Å². The van der Waals surface area contributed by atoms with Crippen LogP contribution >= 0.6 is 13.4 Å². The highest BCUT2D eigenvalue weighted by molar-refractivity contribution is 8.33. The number of aliphatic hydroxyl groups excluding tert-OH is 2. The zero-order valence-corrected chi connectivity index (χ0v) is 27.9. The van der Waals surface area contributed by atoms with E-state index < -0.39 is 81.7 Å². The number of nitrogens with two attached hydrogens (primary N) is 3. The average Bonchev–Trinajstić information content (AvgIpc) is 3.72. The largest absolute Gasteiger partial charge is 0.789 e. The van der Waals surface area contributed by atoms with E-state index in [0.717, 1.165) is 0 Å². The van der Waals surface area contributed by atoms with Crippen LogP contribution in [0.15, 0.2) is 24.0 Å². The van der Waals surface area contributed by atoms with Gasteiger partial charge in [-0.25, -0.2) is 24.9 Å². The molecule has 7 rings (SSSR count). The van der Waals surface area contributed by atoms with Crippen LogP contribution in [0.4, 0.5) is 11.6 Å². The van der Waals surface area contributed by atoms with Gasteiger partial charge in [0.25, 0.3) is 0 Å². The second kappa shape index (κ2) is 14.1. The van der Waals surface area contributed by atoms with Crippen molar-refractivity contribution in [2.75, 3.05) is 24.3 Å². The van der Waals surface area contributed by atoms with Crippen LogP contribution in [0.25, 0.3) is 11.2 Å². The van der Waals surface area contributed by atoms with Crippen molar-refractivity contribution < 1.29 is 38.2 Å². The second-order valence-electron chi connectivity index (χ2n) is 10.6. The Morgan fingerprint density at radius 1 is 1.00 bits per heavy atom. The molecule has 48 heavy (non-hydrogen) atoms. The van der Waals surface area contributed by atoms with Crippen LogP contribution in [0.3, 0.4) is 0 Å². The van der Waals surface area contributed by atoms with E-state index in [-0.39, 0.29) is 42.7 Å². The van der Waals surface area contributed by atoms with Gasteiger partial charge in [0.15, 0.2) is 29.9 Å². The lowest BCUT2D eigenvalue weighted by Crippen LogP contribution is -2.49. The molecule has 3 aromatic heterocycles. The Morgan fingerprint density at radius 3 is 2.29 bits per heavy atom. The topological polar surface area (TPSA) is 377 Å². The van der Waals surface area contributed by atoms with E-state index >= 15 is 0 Å². The molecule has 4 aliphatic rings. The molecule has 3 saturated heterocycles. The Labute approximate surface area is 283 Å². The molecule has 0 spiro atoms. The Bertz CT molecular complexity index is 1770. The summed E-state index contributed by atoms with van der Waals surface area (Å²) in [4.78, 5) is 34.0. The van der Waals surface area contributed by atoms with Crippen LogP contribution in [0.5, 0.6) is 0 Å². The maximum Gasteiger partial charge on any atom is 0.196 e. The monoisotopic (exact) mass is 754 g/mol. The minimum absolute atomic E-state index is 0. The number of nitrogen functional groups attached to an aromatic ring is 1. The third-order valence-electron chi connectivity index (χ3n) is 7.74. The number of hydrogen-bond acceptors (Lipinski definition) is 20. The minimum atomic E-state index is -4.12. The number of quaternary nitrogens is 1. The molecule has 7 heterocycles. The van der Waals surface area contributed by atoms with Gasteiger partial charge in [-0.05, 0) is 0 Å². The van der Waals surface area contributed by atoms with Crippen molar-refractivity contribution in [1.82, 2.24) is 51.5 Å². The molecule has 27 heteroatoms. The van der Waals surface area contributed by atoms with Crippen LogP contribution in [-0.4, -0.2) is 95.0 Å². The van der Waals surface area contributed by atoms with Gasteiger partial charge in [0.05, 0.1) is 44.6 Å². The molecule has 23 nitrogen and oxygen atoms in total. The number of rotatable bonds is 2. The predicted octanol–water partition coefficient (Wildman–Crippen LogP) is -2.10. The first-order chi connectivity index (χ1) is 21.3. The zero-order chi connectivity index (χ0) is 31.8. The molecule has 0 bridgehead atoms. The van der Waals surface area contributed by atoms with Crippen LogP contribution in [0.2, 0.25) is 0 Å². The van der Waals surface area contributed by atoms with E-state index in [4.69, 9.17) is 59.8 Å². The van der Waals surface area contributed by atoms with E-state index in [2.05, 4.69) is 40.4 Å². The highest BCUT2D eigenvalue weighted by Gasteiger charge is 2.50. The third-order valence-corrected chi connectivity index (χ3v) is 11.2. The lowest BCUT2D eigenvalue weighted by atomic mass is 10.1. The van der Waals surface area contributed by atoms with Crippen molar-refractivity contribution >= 4 is 66.2 Å². The lowest BCUT2D eigenvalue weighted by Gasteiger charge is -2.38. The molecule has 3 fully saturated rings. The number of aromatic nitrogens is 6. The molecule has 0 aromatic carbocycles. The zero-order valence-electron chi connectivity index (χ0n) is 24.5. The van der Waals surface area contributed by atoms with E-state index in [1.54, 1.807) is 0 Å². The van der Waals surface area contributed by atoms with E-state index in [1.807, 2.05) is 0 Å². The molecular weight excluding hydrogens is 716 g/mol. The number of ether oxygens (including phenoxy) is 2. The Hall–Kier alpha value is -2.42. The smallest absolute Gasteiger partial charge is 0.196 e. The maximum atomic E-state index is 13.5. The molecule has 3 aromatic rings. The first-order valence-corrected chi connectivity index (χ1v) is 18.6. The summed E-state index contributed by atoms with van der Waals surface area (Å²) in [5.41, 5.74) is 18.6. The summed E-state index contributed by atoms with van der Waals surface area (Å²) in [7, 11) is 0. The number of aliphatic hydroxyl groups is 2. The number of guanidine groups is 1. The van der Waals surface area contributed by atoms with Crippen LogP contribution in [0, 0.1) is 0 Å². The fourth-order valence-corrected chi connectivity index (χ4v) is 8.96. The molecule has 0 aliphatic carbocycles. The first kappa shape index (κ1) is 38.4. The van der Waals surface area contributed by atoms with E-state index in [9.17, 15) is 19.7 Å². The van der Waals surface area contributed by atoms with Gasteiger partial charge in [0.1, 0.15) is 60.7 Å². The third kappa shape index (κ3) is 6.83. The number of aliphatic imine (C=N–C) groups is 1. The fourth-order valence-electron chi connectivity index (χ4n) is 5.67. The van der Waals surface area contributed by atoms with Crippen molar-refractivity contribution in [3.05, 3.63) is 24.7 Å². The SMILES string of the molecule is C.N.NC1=NC(N)c2ncn([C@@H]3O[C@@H]4COP([O-])(=S)N[C@H]5[C@@H](O)[C@H](n6cnc7c(N)ncnc76)O[C@@H]5COP(=O)([S-])N[C@H]4[C@H]3O)c2N1.[NH4+]. The van der Waals surface area contributed by atoms with Gasteiger partial charge < -0.3 is 85.3 Å². The van der Waals surface area contributed by atoms with Crippen LogP contribution in [-0.2, 0) is 47.1 Å². The number of nitrogens with one attached hydrogen (secondary N) is 3. The Kier molecular flexibility index (Phi) is 11.2. The maximum absolute atomic E-state index is 13.5. The molecule has 18 N–H and O–H groups in total. The predicted molar refractivity (Wildman–Crippen MR) is 177 cm³/mol. The van der Waals surface area contributed by atoms with Crippen molar-refractivity contribution in [3.8, 4) is 0 Å². The summed E-state index contributed by atoms with van der Waals surface area (Å²) in [6.45, 7) is -9.15. The van der Waals surface area contributed by atoms with Gasteiger partial charge >= 0.3 is 0 Å². The molecule has 11 atom stereocenters. The van der Waals surface area contributed by atoms with Gasteiger partial charge in [0, 0.05) is 0 Å². The molecular formula is C21H38N15O8P2S2-. The van der Waals surface area contributed by atoms with Crippen molar-refractivity contribution in [1.29, 1.82) is 0 Å². The second-order valence-corrected chi connectivity index (χ2v) is 16.5. The lowest BCUT2D eigenvalue weighted by molar-refractivity contribution is -0.190. The van der Waals surface area contributed by atoms with Crippen LogP contribution < -0.4 is 49.9 Å².